The lowest BCUT2D eigenvalue weighted by molar-refractivity contribution is 0.404. The molecule has 0 aliphatic heterocycles. The maximum atomic E-state index is 8.67. The summed E-state index contributed by atoms with van der Waals surface area (Å²) in [7, 11) is 0. The van der Waals surface area contributed by atoms with Gasteiger partial charge in [0.2, 0.25) is 0 Å². The van der Waals surface area contributed by atoms with Crippen molar-refractivity contribution in [3.05, 3.63) is 72.8 Å². The first kappa shape index (κ1) is 18.5. The van der Waals surface area contributed by atoms with Crippen molar-refractivity contribution >= 4 is 0 Å². The molecule has 0 atom stereocenters. The summed E-state index contributed by atoms with van der Waals surface area (Å²) >= 11 is 0. The molecule has 0 spiro atoms. The largest absolute Gasteiger partial charge is 0.508 e. The number of hydrogen-bond acceptors (Lipinski definition) is 6. The normalized spacial score (nSPS) is 9.00. The smallest absolute Gasteiger partial charge is 0.157 e. The van der Waals surface area contributed by atoms with Crippen LogP contribution in [-0.2, 0) is 0 Å². The van der Waals surface area contributed by atoms with E-state index in [0.717, 1.165) is 0 Å². The Morgan fingerprint density at radius 1 is 0.375 bits per heavy atom. The van der Waals surface area contributed by atoms with E-state index < -0.39 is 0 Å². The van der Waals surface area contributed by atoms with Gasteiger partial charge in [0.05, 0.1) is 0 Å². The van der Waals surface area contributed by atoms with Crippen molar-refractivity contribution in [1.29, 1.82) is 0 Å². The highest BCUT2D eigenvalue weighted by molar-refractivity contribution is 5.36. The van der Waals surface area contributed by atoms with Crippen LogP contribution in [0.15, 0.2) is 72.8 Å². The van der Waals surface area contributed by atoms with Gasteiger partial charge in [-0.1, -0.05) is 24.3 Å². The van der Waals surface area contributed by atoms with Crippen molar-refractivity contribution in [2.45, 2.75) is 0 Å². The molecule has 0 radical (unpaired) electrons. The summed E-state index contributed by atoms with van der Waals surface area (Å²) in [5.41, 5.74) is 0. The summed E-state index contributed by atoms with van der Waals surface area (Å²) in [5, 5.41) is 52.0. The van der Waals surface area contributed by atoms with Gasteiger partial charge in [-0.3, -0.25) is 0 Å². The van der Waals surface area contributed by atoms with Crippen molar-refractivity contribution < 1.29 is 30.6 Å². The van der Waals surface area contributed by atoms with Crippen molar-refractivity contribution in [2.24, 2.45) is 0 Å². The number of hydrogen-bond donors (Lipinski definition) is 6. The zero-order chi connectivity index (χ0) is 17.9. The summed E-state index contributed by atoms with van der Waals surface area (Å²) in [6, 6.07) is 17.9. The molecule has 126 valence electrons. The lowest BCUT2D eigenvalue weighted by atomic mass is 10.3. The highest BCUT2D eigenvalue weighted by Crippen LogP contribution is 2.21. The molecule has 3 aromatic carbocycles. The van der Waals surface area contributed by atoms with E-state index in [0.29, 0.717) is 0 Å². The molecular formula is C18H18O6. The van der Waals surface area contributed by atoms with E-state index in [-0.39, 0.29) is 34.5 Å². The van der Waals surface area contributed by atoms with E-state index in [1.165, 1.54) is 48.5 Å². The Kier molecular flexibility index (Phi) is 7.30. The van der Waals surface area contributed by atoms with Gasteiger partial charge in [0.15, 0.2) is 11.5 Å². The predicted molar refractivity (Wildman–Crippen MR) is 89.3 cm³/mol. The first-order valence-corrected chi connectivity index (χ1v) is 6.81. The van der Waals surface area contributed by atoms with Crippen LogP contribution < -0.4 is 0 Å². The van der Waals surface area contributed by atoms with Crippen molar-refractivity contribution in [3.63, 3.8) is 0 Å². The highest BCUT2D eigenvalue weighted by atomic mass is 16.3. The van der Waals surface area contributed by atoms with Gasteiger partial charge in [-0.25, -0.2) is 0 Å². The molecule has 3 rings (SSSR count). The first-order valence-electron chi connectivity index (χ1n) is 6.81. The lowest BCUT2D eigenvalue weighted by Crippen LogP contribution is -1.63. The molecule has 0 saturated heterocycles. The number of phenolic OH excluding ortho intramolecular Hbond substituents is 6. The number of aromatic hydroxyl groups is 6. The van der Waals surface area contributed by atoms with Crippen molar-refractivity contribution in [3.8, 4) is 34.5 Å². The molecule has 0 unspecified atom stereocenters. The van der Waals surface area contributed by atoms with Crippen molar-refractivity contribution in [1.82, 2.24) is 0 Å². The molecule has 0 saturated carbocycles. The zero-order valence-corrected chi connectivity index (χ0v) is 12.6. The first-order chi connectivity index (χ1) is 11.4. The Balaban J connectivity index is 0.000000180. The fourth-order valence-electron chi connectivity index (χ4n) is 1.45. The Bertz CT molecular complexity index is 659. The van der Waals surface area contributed by atoms with Crippen LogP contribution >= 0.6 is 0 Å². The van der Waals surface area contributed by atoms with Crippen LogP contribution in [0.5, 0.6) is 34.5 Å². The Hall–Kier alpha value is -3.54. The topological polar surface area (TPSA) is 121 Å². The average molecular weight is 330 g/mol. The van der Waals surface area contributed by atoms with Crippen LogP contribution in [0.1, 0.15) is 0 Å². The molecule has 0 aliphatic carbocycles. The van der Waals surface area contributed by atoms with Crippen LogP contribution in [0.3, 0.4) is 0 Å². The van der Waals surface area contributed by atoms with E-state index in [9.17, 15) is 0 Å². The van der Waals surface area contributed by atoms with E-state index in [2.05, 4.69) is 0 Å². The molecule has 0 amide bonds. The standard InChI is InChI=1S/3C6H6O2/c2*7-5-2-1-3-6(8)4-5;7-5-3-1-2-4-6(5)8/h3*1-4,7-8H. The third kappa shape index (κ3) is 7.46. The zero-order valence-electron chi connectivity index (χ0n) is 12.6. The van der Waals surface area contributed by atoms with Crippen LogP contribution in [0.2, 0.25) is 0 Å². The molecule has 0 aromatic heterocycles. The molecular weight excluding hydrogens is 312 g/mol. The van der Waals surface area contributed by atoms with E-state index in [1.54, 1.807) is 24.3 Å². The van der Waals surface area contributed by atoms with Gasteiger partial charge in [0.25, 0.3) is 0 Å². The summed E-state index contributed by atoms with van der Waals surface area (Å²) in [4.78, 5) is 0. The minimum atomic E-state index is -0.0764. The summed E-state index contributed by atoms with van der Waals surface area (Å²) in [6.45, 7) is 0. The fraction of sp³-hybridized carbons (Fsp3) is 0. The number of rotatable bonds is 0. The molecule has 0 bridgehead atoms. The molecule has 3 aromatic rings. The minimum absolute atomic E-state index is 0.0764. The van der Waals surface area contributed by atoms with Gasteiger partial charge < -0.3 is 30.6 Å². The highest BCUT2D eigenvalue weighted by Gasteiger charge is 1.90. The lowest BCUT2D eigenvalue weighted by Gasteiger charge is -1.91. The fourth-order valence-corrected chi connectivity index (χ4v) is 1.45. The Morgan fingerprint density at radius 3 is 0.833 bits per heavy atom. The Labute approximate surface area is 138 Å². The van der Waals surface area contributed by atoms with Crippen LogP contribution in [0.25, 0.3) is 0 Å². The number of benzene rings is 3. The summed E-state index contributed by atoms with van der Waals surface area (Å²) in [6.07, 6.45) is 0. The molecule has 0 heterocycles. The predicted octanol–water partition coefficient (Wildman–Crippen LogP) is 3.29. The second-order valence-corrected chi connectivity index (χ2v) is 4.53. The van der Waals surface area contributed by atoms with Crippen LogP contribution in [0, 0.1) is 0 Å². The molecule has 6 heteroatoms. The SMILES string of the molecule is Oc1cccc(O)c1.Oc1cccc(O)c1.Oc1ccccc1O. The Morgan fingerprint density at radius 2 is 0.667 bits per heavy atom. The van der Waals surface area contributed by atoms with Gasteiger partial charge >= 0.3 is 0 Å². The van der Waals surface area contributed by atoms with Gasteiger partial charge in [-0.15, -0.1) is 0 Å². The maximum absolute atomic E-state index is 8.67. The van der Waals surface area contributed by atoms with Gasteiger partial charge in [0.1, 0.15) is 23.0 Å². The quantitative estimate of drug-likeness (QED) is 0.352. The summed E-state index contributed by atoms with van der Waals surface area (Å²) in [5.74, 6) is 0.199. The van der Waals surface area contributed by atoms with Gasteiger partial charge in [0, 0.05) is 12.1 Å². The van der Waals surface area contributed by atoms with Gasteiger partial charge in [-0.05, 0) is 36.4 Å². The monoisotopic (exact) mass is 330 g/mol. The van der Waals surface area contributed by atoms with E-state index in [4.69, 9.17) is 30.6 Å². The van der Waals surface area contributed by atoms with Crippen LogP contribution in [-0.4, -0.2) is 30.6 Å². The molecule has 0 fully saturated rings. The second-order valence-electron chi connectivity index (χ2n) is 4.53. The maximum Gasteiger partial charge on any atom is 0.157 e. The molecule has 6 N–H and O–H groups in total. The number of para-hydroxylation sites is 2. The minimum Gasteiger partial charge on any atom is -0.508 e. The number of phenols is 6. The average Bonchev–Trinajstić information content (AvgIpc) is 2.51. The molecule has 24 heavy (non-hydrogen) atoms. The van der Waals surface area contributed by atoms with Crippen LogP contribution in [0.4, 0.5) is 0 Å². The third-order valence-electron chi connectivity index (χ3n) is 2.54. The summed E-state index contributed by atoms with van der Waals surface area (Å²) < 4.78 is 0. The third-order valence-corrected chi connectivity index (χ3v) is 2.54. The van der Waals surface area contributed by atoms with Gasteiger partial charge in [-0.2, -0.15) is 0 Å². The van der Waals surface area contributed by atoms with Crippen molar-refractivity contribution in [2.75, 3.05) is 0 Å². The second kappa shape index (κ2) is 9.47. The van der Waals surface area contributed by atoms with E-state index in [1.807, 2.05) is 0 Å². The molecule has 0 aliphatic rings. The molecule has 6 nitrogen and oxygen atoms in total. The van der Waals surface area contributed by atoms with E-state index >= 15 is 0 Å².